The van der Waals surface area contributed by atoms with Gasteiger partial charge in [-0.15, -0.1) is 0 Å². The van der Waals surface area contributed by atoms with Gasteiger partial charge in [-0.3, -0.25) is 4.98 Å². The van der Waals surface area contributed by atoms with Crippen LogP contribution in [0.1, 0.15) is 35.3 Å². The third-order valence-corrected chi connectivity index (χ3v) is 2.74. The molecule has 0 unspecified atom stereocenters. The summed E-state index contributed by atoms with van der Waals surface area (Å²) in [6.07, 6.45) is 4.89. The number of hydrogen-bond donors (Lipinski definition) is 2. The fraction of sp³-hybridized carbons (Fsp3) is 0.455. The third kappa shape index (κ3) is 2.09. The van der Waals surface area contributed by atoms with Gasteiger partial charge in [-0.05, 0) is 32.3 Å². The van der Waals surface area contributed by atoms with Crippen LogP contribution in [0.15, 0.2) is 12.3 Å². The van der Waals surface area contributed by atoms with Crippen molar-refractivity contribution in [2.75, 3.05) is 5.32 Å². The maximum absolute atomic E-state index is 10.9. The Morgan fingerprint density at radius 1 is 1.60 bits per heavy atom. The predicted molar refractivity (Wildman–Crippen MR) is 57.2 cm³/mol. The molecule has 80 valence electrons. The van der Waals surface area contributed by atoms with Gasteiger partial charge in [0.05, 0.1) is 5.69 Å². The highest BCUT2D eigenvalue weighted by atomic mass is 16.4. The topological polar surface area (TPSA) is 62.2 Å². The molecule has 1 aliphatic rings. The lowest BCUT2D eigenvalue weighted by Crippen LogP contribution is -2.28. The van der Waals surface area contributed by atoms with Crippen molar-refractivity contribution >= 4 is 11.7 Å². The minimum atomic E-state index is -0.927. The summed E-state index contributed by atoms with van der Waals surface area (Å²) in [5.41, 5.74) is 1.79. The zero-order chi connectivity index (χ0) is 10.8. The van der Waals surface area contributed by atoms with Gasteiger partial charge >= 0.3 is 5.97 Å². The molecule has 15 heavy (non-hydrogen) atoms. The Balaban J connectivity index is 2.24. The smallest absolute Gasteiger partial charge is 0.339 e. The molecule has 0 aliphatic heterocycles. The maximum atomic E-state index is 10.9. The van der Waals surface area contributed by atoms with Crippen LogP contribution in [0.25, 0.3) is 0 Å². The Hall–Kier alpha value is -1.58. The Labute approximate surface area is 88.3 Å². The zero-order valence-electron chi connectivity index (χ0n) is 8.66. The first-order valence-corrected chi connectivity index (χ1v) is 5.13. The molecule has 0 bridgehead atoms. The Morgan fingerprint density at radius 3 is 2.87 bits per heavy atom. The highest BCUT2D eigenvalue weighted by Gasteiger charge is 2.19. The van der Waals surface area contributed by atoms with Crippen molar-refractivity contribution in [3.05, 3.63) is 23.5 Å². The van der Waals surface area contributed by atoms with E-state index in [9.17, 15) is 4.79 Å². The second-order valence-electron chi connectivity index (χ2n) is 3.95. The summed E-state index contributed by atoms with van der Waals surface area (Å²) in [4.78, 5) is 14.9. The van der Waals surface area contributed by atoms with Crippen LogP contribution < -0.4 is 5.32 Å². The summed E-state index contributed by atoms with van der Waals surface area (Å²) in [5, 5.41) is 12.2. The van der Waals surface area contributed by atoms with Crippen molar-refractivity contribution in [3.8, 4) is 0 Å². The van der Waals surface area contributed by atoms with Crippen LogP contribution >= 0.6 is 0 Å². The van der Waals surface area contributed by atoms with Crippen LogP contribution in [0.5, 0.6) is 0 Å². The van der Waals surface area contributed by atoms with Gasteiger partial charge in [-0.2, -0.15) is 0 Å². The van der Waals surface area contributed by atoms with Crippen LogP contribution in [-0.2, 0) is 0 Å². The van der Waals surface area contributed by atoms with E-state index in [0.717, 1.165) is 18.5 Å². The summed E-state index contributed by atoms with van der Waals surface area (Å²) in [6.45, 7) is 1.86. The molecule has 1 fully saturated rings. The van der Waals surface area contributed by atoms with E-state index in [-0.39, 0.29) is 5.56 Å². The van der Waals surface area contributed by atoms with Crippen molar-refractivity contribution in [3.63, 3.8) is 0 Å². The minimum absolute atomic E-state index is 0.257. The second kappa shape index (κ2) is 3.88. The molecule has 0 spiro atoms. The molecule has 0 radical (unpaired) electrons. The number of nitrogens with zero attached hydrogens (tertiary/aromatic N) is 1. The molecule has 4 heteroatoms. The number of aryl methyl sites for hydroxylation is 1. The molecular formula is C11H14N2O2. The third-order valence-electron chi connectivity index (χ3n) is 2.74. The number of carboxylic acids is 1. The summed E-state index contributed by atoms with van der Waals surface area (Å²) < 4.78 is 0. The molecule has 2 N–H and O–H groups in total. The summed E-state index contributed by atoms with van der Waals surface area (Å²) in [6, 6.07) is 2.23. The molecule has 0 aromatic carbocycles. The Morgan fingerprint density at radius 2 is 2.33 bits per heavy atom. The van der Waals surface area contributed by atoms with E-state index in [1.807, 2.05) is 6.92 Å². The standard InChI is InChI=1S/C11H14N2O2/c1-7-5-10(13-8-3-2-4-8)9(6-12-7)11(14)15/h5-6,8H,2-4H2,1H3,(H,12,13)(H,14,15). The number of aromatic nitrogens is 1. The van der Waals surface area contributed by atoms with Crippen LogP contribution in [-0.4, -0.2) is 22.1 Å². The van der Waals surface area contributed by atoms with Gasteiger partial charge in [0.2, 0.25) is 0 Å². The van der Waals surface area contributed by atoms with Crippen LogP contribution in [0.4, 0.5) is 5.69 Å². The van der Waals surface area contributed by atoms with Gasteiger partial charge in [0, 0.05) is 17.9 Å². The lowest BCUT2D eigenvalue weighted by atomic mass is 9.92. The minimum Gasteiger partial charge on any atom is -0.478 e. The first kappa shape index (κ1) is 9.96. The molecule has 1 saturated carbocycles. The number of anilines is 1. The number of rotatable bonds is 3. The summed E-state index contributed by atoms with van der Waals surface area (Å²) >= 11 is 0. The van der Waals surface area contributed by atoms with E-state index >= 15 is 0 Å². The Kier molecular flexibility index (Phi) is 2.58. The number of hydrogen-bond acceptors (Lipinski definition) is 3. The van der Waals surface area contributed by atoms with Crippen molar-refractivity contribution in [1.29, 1.82) is 0 Å². The first-order valence-electron chi connectivity index (χ1n) is 5.13. The van der Waals surface area contributed by atoms with Gasteiger partial charge in [0.15, 0.2) is 0 Å². The second-order valence-corrected chi connectivity index (χ2v) is 3.95. The van der Waals surface area contributed by atoms with E-state index in [2.05, 4.69) is 10.3 Å². The lowest BCUT2D eigenvalue weighted by molar-refractivity contribution is 0.0697. The predicted octanol–water partition coefficient (Wildman–Crippen LogP) is 2.05. The summed E-state index contributed by atoms with van der Waals surface area (Å²) in [5.74, 6) is -0.927. The summed E-state index contributed by atoms with van der Waals surface area (Å²) in [7, 11) is 0. The molecular weight excluding hydrogens is 192 g/mol. The van der Waals surface area contributed by atoms with E-state index in [0.29, 0.717) is 11.7 Å². The van der Waals surface area contributed by atoms with Crippen molar-refractivity contribution in [1.82, 2.24) is 4.98 Å². The highest BCUT2D eigenvalue weighted by molar-refractivity contribution is 5.93. The van der Waals surface area contributed by atoms with E-state index in [1.165, 1.54) is 12.6 Å². The number of aromatic carboxylic acids is 1. The molecule has 2 rings (SSSR count). The monoisotopic (exact) mass is 206 g/mol. The van der Waals surface area contributed by atoms with Crippen LogP contribution in [0, 0.1) is 6.92 Å². The van der Waals surface area contributed by atoms with E-state index < -0.39 is 5.97 Å². The molecule has 1 aliphatic carbocycles. The normalized spacial score (nSPS) is 15.8. The Bertz CT molecular complexity index is 386. The molecule has 0 saturated heterocycles. The molecule has 1 heterocycles. The first-order chi connectivity index (χ1) is 7.16. The molecule has 0 amide bonds. The molecule has 4 nitrogen and oxygen atoms in total. The molecule has 1 aromatic rings. The fourth-order valence-corrected chi connectivity index (χ4v) is 1.62. The number of carboxylic acid groups (broad SMARTS) is 1. The van der Waals surface area contributed by atoms with Crippen LogP contribution in [0.3, 0.4) is 0 Å². The molecule has 1 aromatic heterocycles. The van der Waals surface area contributed by atoms with Gasteiger partial charge in [-0.25, -0.2) is 4.79 Å². The highest BCUT2D eigenvalue weighted by Crippen LogP contribution is 2.25. The fourth-order valence-electron chi connectivity index (χ4n) is 1.62. The van der Waals surface area contributed by atoms with E-state index in [4.69, 9.17) is 5.11 Å². The van der Waals surface area contributed by atoms with Crippen molar-refractivity contribution in [2.24, 2.45) is 0 Å². The van der Waals surface area contributed by atoms with Crippen LogP contribution in [0.2, 0.25) is 0 Å². The van der Waals surface area contributed by atoms with Crippen molar-refractivity contribution in [2.45, 2.75) is 32.2 Å². The largest absolute Gasteiger partial charge is 0.478 e. The quantitative estimate of drug-likeness (QED) is 0.794. The number of pyridine rings is 1. The lowest BCUT2D eigenvalue weighted by Gasteiger charge is -2.28. The maximum Gasteiger partial charge on any atom is 0.339 e. The number of nitrogens with one attached hydrogen (secondary N) is 1. The van der Waals surface area contributed by atoms with Gasteiger partial charge in [0.1, 0.15) is 5.56 Å². The average molecular weight is 206 g/mol. The van der Waals surface area contributed by atoms with E-state index in [1.54, 1.807) is 6.07 Å². The number of carbonyl (C=O) groups is 1. The zero-order valence-corrected chi connectivity index (χ0v) is 8.66. The van der Waals surface area contributed by atoms with Gasteiger partial charge in [0.25, 0.3) is 0 Å². The average Bonchev–Trinajstić information content (AvgIpc) is 2.11. The van der Waals surface area contributed by atoms with Gasteiger partial charge < -0.3 is 10.4 Å². The van der Waals surface area contributed by atoms with Crippen molar-refractivity contribution < 1.29 is 9.90 Å². The SMILES string of the molecule is Cc1cc(NC2CCC2)c(C(=O)O)cn1. The molecule has 0 atom stereocenters. The van der Waals surface area contributed by atoms with Gasteiger partial charge in [-0.1, -0.05) is 0 Å².